The number of carbonyl (C=O) groups is 1. The van der Waals surface area contributed by atoms with Gasteiger partial charge in [0, 0.05) is 26.2 Å². The molecule has 1 aliphatic rings. The monoisotopic (exact) mass is 397 g/mol. The Morgan fingerprint density at radius 3 is 2.41 bits per heavy atom. The van der Waals surface area contributed by atoms with E-state index in [0.29, 0.717) is 19.7 Å². The number of hydrogen-bond donors (Lipinski definition) is 1. The van der Waals surface area contributed by atoms with Gasteiger partial charge in [-0.15, -0.1) is 0 Å². The van der Waals surface area contributed by atoms with Gasteiger partial charge >= 0.3 is 0 Å². The summed E-state index contributed by atoms with van der Waals surface area (Å²) >= 11 is 0. The molecular formula is C23H31N3O3. The summed E-state index contributed by atoms with van der Waals surface area (Å²) in [7, 11) is 0. The second kappa shape index (κ2) is 10.7. The Morgan fingerprint density at radius 1 is 1.00 bits per heavy atom. The van der Waals surface area contributed by atoms with E-state index in [1.165, 1.54) is 0 Å². The molecule has 1 saturated heterocycles. The fourth-order valence-corrected chi connectivity index (χ4v) is 3.35. The van der Waals surface area contributed by atoms with E-state index < -0.39 is 0 Å². The Hall–Kier alpha value is -2.73. The van der Waals surface area contributed by atoms with Crippen LogP contribution < -0.4 is 19.7 Å². The van der Waals surface area contributed by atoms with Crippen LogP contribution in [0.4, 0.5) is 5.69 Å². The van der Waals surface area contributed by atoms with Crippen LogP contribution >= 0.6 is 0 Å². The summed E-state index contributed by atoms with van der Waals surface area (Å²) in [6.07, 6.45) is 0.145. The number of nitrogens with zero attached hydrogens (tertiary/aromatic N) is 2. The first-order valence-electron chi connectivity index (χ1n) is 10.3. The molecule has 0 aromatic heterocycles. The summed E-state index contributed by atoms with van der Waals surface area (Å²) in [4.78, 5) is 16.7. The first kappa shape index (κ1) is 21.0. The van der Waals surface area contributed by atoms with Crippen LogP contribution in [-0.4, -0.2) is 62.8 Å². The van der Waals surface area contributed by atoms with Crippen LogP contribution in [0.15, 0.2) is 54.6 Å². The number of benzene rings is 2. The summed E-state index contributed by atoms with van der Waals surface area (Å²) in [5.41, 5.74) is 1.13. The van der Waals surface area contributed by atoms with E-state index in [0.717, 1.165) is 43.4 Å². The van der Waals surface area contributed by atoms with E-state index in [4.69, 9.17) is 9.47 Å². The molecule has 6 heteroatoms. The van der Waals surface area contributed by atoms with Gasteiger partial charge in [-0.25, -0.2) is 0 Å². The minimum Gasteiger partial charge on any atom is -0.492 e. The molecule has 156 valence electrons. The summed E-state index contributed by atoms with van der Waals surface area (Å²) in [6, 6.07) is 17.8. The van der Waals surface area contributed by atoms with E-state index in [9.17, 15) is 4.79 Å². The van der Waals surface area contributed by atoms with Crippen LogP contribution in [0.5, 0.6) is 11.5 Å². The molecule has 3 rings (SSSR count). The Bertz CT molecular complexity index is 759. The lowest BCUT2D eigenvalue weighted by Crippen LogP contribution is -2.49. The molecule has 2 aromatic carbocycles. The lowest BCUT2D eigenvalue weighted by atomic mass is 10.2. The predicted octanol–water partition coefficient (Wildman–Crippen LogP) is 2.79. The van der Waals surface area contributed by atoms with Gasteiger partial charge in [0.15, 0.2) is 0 Å². The van der Waals surface area contributed by atoms with Crippen molar-refractivity contribution in [3.05, 3.63) is 54.6 Å². The SMILES string of the molecule is CC(C)Oc1ccccc1N1CCN(CC(=O)NCCOc2ccccc2)CC1. The highest BCUT2D eigenvalue weighted by molar-refractivity contribution is 5.78. The first-order chi connectivity index (χ1) is 14.1. The third-order valence-corrected chi connectivity index (χ3v) is 4.74. The minimum atomic E-state index is 0.0404. The summed E-state index contributed by atoms with van der Waals surface area (Å²) < 4.78 is 11.5. The Morgan fingerprint density at radius 2 is 1.69 bits per heavy atom. The van der Waals surface area contributed by atoms with Gasteiger partial charge in [-0.3, -0.25) is 9.69 Å². The maximum Gasteiger partial charge on any atom is 0.234 e. The number of para-hydroxylation sites is 3. The number of carbonyl (C=O) groups excluding carboxylic acids is 1. The van der Waals surface area contributed by atoms with Crippen molar-refractivity contribution < 1.29 is 14.3 Å². The highest BCUT2D eigenvalue weighted by Crippen LogP contribution is 2.29. The van der Waals surface area contributed by atoms with Gasteiger partial charge in [-0.1, -0.05) is 30.3 Å². The minimum absolute atomic E-state index is 0.0404. The number of nitrogens with one attached hydrogen (secondary N) is 1. The van der Waals surface area contributed by atoms with Crippen molar-refractivity contribution in [3.8, 4) is 11.5 Å². The number of piperazine rings is 1. The van der Waals surface area contributed by atoms with E-state index >= 15 is 0 Å². The first-order valence-corrected chi connectivity index (χ1v) is 10.3. The molecule has 0 unspecified atom stereocenters. The van der Waals surface area contributed by atoms with Gasteiger partial charge < -0.3 is 19.7 Å². The highest BCUT2D eigenvalue weighted by atomic mass is 16.5. The molecule has 1 amide bonds. The topological polar surface area (TPSA) is 54.0 Å². The van der Waals surface area contributed by atoms with Crippen LogP contribution in [0.25, 0.3) is 0 Å². The lowest BCUT2D eigenvalue weighted by molar-refractivity contribution is -0.122. The van der Waals surface area contributed by atoms with Crippen LogP contribution in [0.1, 0.15) is 13.8 Å². The molecule has 1 N–H and O–H groups in total. The Balaban J connectivity index is 1.38. The second-order valence-electron chi connectivity index (χ2n) is 7.41. The number of ether oxygens (including phenoxy) is 2. The zero-order valence-electron chi connectivity index (χ0n) is 17.3. The molecule has 1 aliphatic heterocycles. The van der Waals surface area contributed by atoms with Crippen molar-refractivity contribution in [2.45, 2.75) is 20.0 Å². The quantitative estimate of drug-likeness (QED) is 0.660. The van der Waals surface area contributed by atoms with E-state index in [1.807, 2.05) is 62.4 Å². The van der Waals surface area contributed by atoms with Crippen LogP contribution in [0, 0.1) is 0 Å². The summed E-state index contributed by atoms with van der Waals surface area (Å²) in [6.45, 7) is 8.93. The summed E-state index contributed by atoms with van der Waals surface area (Å²) in [5.74, 6) is 1.78. The van der Waals surface area contributed by atoms with Gasteiger partial charge in [-0.05, 0) is 38.1 Å². The zero-order chi connectivity index (χ0) is 20.5. The third-order valence-electron chi connectivity index (χ3n) is 4.74. The average molecular weight is 398 g/mol. The van der Waals surface area contributed by atoms with E-state index in [2.05, 4.69) is 21.2 Å². The largest absolute Gasteiger partial charge is 0.492 e. The fraction of sp³-hybridized carbons (Fsp3) is 0.435. The molecule has 1 fully saturated rings. The van der Waals surface area contributed by atoms with Crippen molar-refractivity contribution in [2.75, 3.05) is 50.8 Å². The molecular weight excluding hydrogens is 366 g/mol. The molecule has 0 bridgehead atoms. The van der Waals surface area contributed by atoms with Crippen LogP contribution in [0.2, 0.25) is 0 Å². The van der Waals surface area contributed by atoms with Crippen LogP contribution in [-0.2, 0) is 4.79 Å². The van der Waals surface area contributed by atoms with Crippen molar-refractivity contribution in [2.24, 2.45) is 0 Å². The maximum absolute atomic E-state index is 12.2. The van der Waals surface area contributed by atoms with Gasteiger partial charge in [0.1, 0.15) is 18.1 Å². The van der Waals surface area contributed by atoms with Gasteiger partial charge in [0.25, 0.3) is 0 Å². The van der Waals surface area contributed by atoms with E-state index in [-0.39, 0.29) is 12.0 Å². The maximum atomic E-state index is 12.2. The van der Waals surface area contributed by atoms with Crippen LogP contribution in [0.3, 0.4) is 0 Å². The molecule has 0 aliphatic carbocycles. The van der Waals surface area contributed by atoms with Crippen molar-refractivity contribution in [1.82, 2.24) is 10.2 Å². The molecule has 0 saturated carbocycles. The van der Waals surface area contributed by atoms with Gasteiger partial charge in [-0.2, -0.15) is 0 Å². The molecule has 1 heterocycles. The predicted molar refractivity (Wildman–Crippen MR) is 116 cm³/mol. The second-order valence-corrected chi connectivity index (χ2v) is 7.41. The third kappa shape index (κ3) is 6.68. The molecule has 29 heavy (non-hydrogen) atoms. The smallest absolute Gasteiger partial charge is 0.234 e. The number of anilines is 1. The van der Waals surface area contributed by atoms with Crippen molar-refractivity contribution in [3.63, 3.8) is 0 Å². The Labute approximate surface area is 173 Å². The van der Waals surface area contributed by atoms with Gasteiger partial charge in [0.05, 0.1) is 24.9 Å². The number of hydrogen-bond acceptors (Lipinski definition) is 5. The zero-order valence-corrected chi connectivity index (χ0v) is 17.3. The molecule has 0 atom stereocenters. The van der Waals surface area contributed by atoms with E-state index in [1.54, 1.807) is 0 Å². The molecule has 6 nitrogen and oxygen atoms in total. The van der Waals surface area contributed by atoms with Gasteiger partial charge in [0.2, 0.25) is 5.91 Å². The standard InChI is InChI=1S/C23H31N3O3/c1-19(2)29-22-11-7-6-10-21(22)26-15-13-25(14-16-26)18-23(27)24-12-17-28-20-8-4-3-5-9-20/h3-11,19H,12-18H2,1-2H3,(H,24,27). The summed E-state index contributed by atoms with van der Waals surface area (Å²) in [5, 5.41) is 2.93. The molecule has 0 radical (unpaired) electrons. The molecule has 0 spiro atoms. The normalized spacial score (nSPS) is 14.7. The fourth-order valence-electron chi connectivity index (χ4n) is 3.35. The Kier molecular flexibility index (Phi) is 7.76. The lowest BCUT2D eigenvalue weighted by Gasteiger charge is -2.36. The van der Waals surface area contributed by atoms with Crippen molar-refractivity contribution >= 4 is 11.6 Å². The highest BCUT2D eigenvalue weighted by Gasteiger charge is 2.21. The number of amides is 1. The van der Waals surface area contributed by atoms with Crippen molar-refractivity contribution in [1.29, 1.82) is 0 Å². The number of rotatable bonds is 9. The molecule has 2 aromatic rings. The average Bonchev–Trinajstić information content (AvgIpc) is 2.73.